The summed E-state index contributed by atoms with van der Waals surface area (Å²) in [6.45, 7) is 4.39. The summed E-state index contributed by atoms with van der Waals surface area (Å²) in [7, 11) is 0. The van der Waals surface area contributed by atoms with Crippen LogP contribution < -0.4 is 15.4 Å². The molecule has 0 aromatic heterocycles. The van der Waals surface area contributed by atoms with Gasteiger partial charge in [-0.25, -0.2) is 0 Å². The molecule has 2 rings (SSSR count). The van der Waals surface area contributed by atoms with Gasteiger partial charge in [0.25, 0.3) is 0 Å². The first kappa shape index (κ1) is 17.8. The first-order chi connectivity index (χ1) is 9.75. The van der Waals surface area contributed by atoms with Crippen LogP contribution in [-0.2, 0) is 4.79 Å². The maximum atomic E-state index is 11.7. The summed E-state index contributed by atoms with van der Waals surface area (Å²) in [5, 5.41) is 6.28. The largest absolute Gasteiger partial charge is 0.493 e. The van der Waals surface area contributed by atoms with Crippen LogP contribution in [0, 0.1) is 6.92 Å². The third kappa shape index (κ3) is 6.36. The van der Waals surface area contributed by atoms with Crippen molar-refractivity contribution in [1.29, 1.82) is 0 Å². The van der Waals surface area contributed by atoms with Gasteiger partial charge in [0.05, 0.1) is 6.61 Å². The number of rotatable bonds is 7. The number of aryl methyl sites for hydroxylation is 1. The van der Waals surface area contributed by atoms with Gasteiger partial charge in [0, 0.05) is 19.0 Å². The van der Waals surface area contributed by atoms with E-state index in [9.17, 15) is 4.79 Å². The number of ether oxygens (including phenoxy) is 1. The second-order valence-corrected chi connectivity index (χ2v) is 5.31. The lowest BCUT2D eigenvalue weighted by atomic mass is 10.1. The highest BCUT2D eigenvalue weighted by atomic mass is 35.5. The molecule has 1 aliphatic heterocycles. The maximum Gasteiger partial charge on any atom is 0.221 e. The average Bonchev–Trinajstić information content (AvgIpc) is 2.93. The van der Waals surface area contributed by atoms with Gasteiger partial charge in [-0.2, -0.15) is 0 Å². The quantitative estimate of drug-likeness (QED) is 0.760. The SMILES string of the molecule is Cc1ccccc1OCCCNC(=O)CC1CCCN1.Cl. The Morgan fingerprint density at radius 2 is 2.24 bits per heavy atom. The Labute approximate surface area is 133 Å². The summed E-state index contributed by atoms with van der Waals surface area (Å²) in [5.41, 5.74) is 1.14. The van der Waals surface area contributed by atoms with Crippen LogP contribution in [0.4, 0.5) is 0 Å². The van der Waals surface area contributed by atoms with E-state index in [1.165, 1.54) is 6.42 Å². The van der Waals surface area contributed by atoms with Gasteiger partial charge in [0.1, 0.15) is 5.75 Å². The van der Waals surface area contributed by atoms with E-state index in [0.717, 1.165) is 30.7 Å². The van der Waals surface area contributed by atoms with Gasteiger partial charge in [-0.05, 0) is 44.4 Å². The van der Waals surface area contributed by atoms with Crippen LogP contribution in [0.2, 0.25) is 0 Å². The normalized spacial score (nSPS) is 17.1. The molecular weight excluding hydrogens is 288 g/mol. The Bertz CT molecular complexity index is 434. The van der Waals surface area contributed by atoms with Crippen molar-refractivity contribution in [1.82, 2.24) is 10.6 Å². The van der Waals surface area contributed by atoms with E-state index in [4.69, 9.17) is 4.74 Å². The van der Waals surface area contributed by atoms with Gasteiger partial charge >= 0.3 is 0 Å². The fourth-order valence-electron chi connectivity index (χ4n) is 2.43. The van der Waals surface area contributed by atoms with Crippen molar-refractivity contribution in [2.24, 2.45) is 0 Å². The molecular formula is C16H25ClN2O2. The Morgan fingerprint density at radius 3 is 2.95 bits per heavy atom. The first-order valence-corrected chi connectivity index (χ1v) is 7.44. The number of carbonyl (C=O) groups is 1. The third-order valence-electron chi connectivity index (χ3n) is 3.59. The fraction of sp³-hybridized carbons (Fsp3) is 0.562. The van der Waals surface area contributed by atoms with Crippen LogP contribution in [-0.4, -0.2) is 31.6 Å². The average molecular weight is 313 g/mol. The Hall–Kier alpha value is -1.26. The van der Waals surface area contributed by atoms with Gasteiger partial charge in [0.15, 0.2) is 0 Å². The number of para-hydroxylation sites is 1. The molecule has 118 valence electrons. The minimum absolute atomic E-state index is 0. The lowest BCUT2D eigenvalue weighted by molar-refractivity contribution is -0.121. The number of benzene rings is 1. The second kappa shape index (κ2) is 9.64. The van der Waals surface area contributed by atoms with E-state index in [0.29, 0.717) is 25.6 Å². The van der Waals surface area contributed by atoms with E-state index in [1.54, 1.807) is 0 Å². The summed E-state index contributed by atoms with van der Waals surface area (Å²) in [6.07, 6.45) is 3.73. The van der Waals surface area contributed by atoms with Crippen molar-refractivity contribution in [3.63, 3.8) is 0 Å². The molecule has 1 heterocycles. The minimum atomic E-state index is 0. The second-order valence-electron chi connectivity index (χ2n) is 5.31. The predicted octanol–water partition coefficient (Wildman–Crippen LogP) is 2.44. The molecule has 1 atom stereocenters. The number of amides is 1. The van der Waals surface area contributed by atoms with Crippen LogP contribution >= 0.6 is 12.4 Å². The van der Waals surface area contributed by atoms with Crippen molar-refractivity contribution < 1.29 is 9.53 Å². The molecule has 1 saturated heterocycles. The lowest BCUT2D eigenvalue weighted by Gasteiger charge is -2.11. The maximum absolute atomic E-state index is 11.7. The monoisotopic (exact) mass is 312 g/mol. The molecule has 0 aliphatic carbocycles. The predicted molar refractivity (Wildman–Crippen MR) is 87.2 cm³/mol. The third-order valence-corrected chi connectivity index (χ3v) is 3.59. The zero-order valence-electron chi connectivity index (χ0n) is 12.6. The smallest absolute Gasteiger partial charge is 0.221 e. The molecule has 21 heavy (non-hydrogen) atoms. The van der Waals surface area contributed by atoms with Gasteiger partial charge in [-0.1, -0.05) is 18.2 Å². The highest BCUT2D eigenvalue weighted by Gasteiger charge is 2.16. The zero-order chi connectivity index (χ0) is 14.2. The van der Waals surface area contributed by atoms with Crippen LogP contribution in [0.3, 0.4) is 0 Å². The Balaban J connectivity index is 0.00000220. The van der Waals surface area contributed by atoms with Crippen LogP contribution in [0.25, 0.3) is 0 Å². The minimum Gasteiger partial charge on any atom is -0.493 e. The Kier molecular flexibility index (Phi) is 8.16. The van der Waals surface area contributed by atoms with Crippen LogP contribution in [0.5, 0.6) is 5.75 Å². The van der Waals surface area contributed by atoms with Crippen LogP contribution in [0.1, 0.15) is 31.2 Å². The summed E-state index contributed by atoms with van der Waals surface area (Å²) >= 11 is 0. The molecule has 0 radical (unpaired) electrons. The van der Waals surface area contributed by atoms with E-state index in [-0.39, 0.29) is 18.3 Å². The standard InChI is InChI=1S/C16H24N2O2.ClH/c1-13-6-2-3-8-15(13)20-11-5-10-18-16(19)12-14-7-4-9-17-14;/h2-3,6,8,14,17H,4-5,7,9-12H2,1H3,(H,18,19);1H. The van der Waals surface area contributed by atoms with Gasteiger partial charge in [-0.3, -0.25) is 4.79 Å². The van der Waals surface area contributed by atoms with Crippen molar-refractivity contribution in [3.8, 4) is 5.75 Å². The number of halogens is 1. The van der Waals surface area contributed by atoms with Crippen molar-refractivity contribution >= 4 is 18.3 Å². The number of hydrogen-bond donors (Lipinski definition) is 2. The molecule has 2 N–H and O–H groups in total. The first-order valence-electron chi connectivity index (χ1n) is 7.44. The Morgan fingerprint density at radius 1 is 1.43 bits per heavy atom. The van der Waals surface area contributed by atoms with E-state index < -0.39 is 0 Å². The molecule has 1 unspecified atom stereocenters. The van der Waals surface area contributed by atoms with E-state index >= 15 is 0 Å². The fourth-order valence-corrected chi connectivity index (χ4v) is 2.43. The molecule has 1 amide bonds. The van der Waals surface area contributed by atoms with Crippen molar-refractivity contribution in [3.05, 3.63) is 29.8 Å². The number of nitrogens with one attached hydrogen (secondary N) is 2. The summed E-state index contributed by atoms with van der Waals surface area (Å²) in [6, 6.07) is 8.35. The number of hydrogen-bond acceptors (Lipinski definition) is 3. The molecule has 0 spiro atoms. The highest BCUT2D eigenvalue weighted by molar-refractivity contribution is 5.85. The molecule has 1 aromatic carbocycles. The summed E-state index contributed by atoms with van der Waals surface area (Å²) in [5.74, 6) is 1.06. The molecule has 4 nitrogen and oxygen atoms in total. The molecule has 1 aliphatic rings. The molecule has 1 fully saturated rings. The van der Waals surface area contributed by atoms with Crippen molar-refractivity contribution in [2.75, 3.05) is 19.7 Å². The molecule has 5 heteroatoms. The summed E-state index contributed by atoms with van der Waals surface area (Å²) in [4.78, 5) is 11.7. The van der Waals surface area contributed by atoms with Crippen molar-refractivity contribution in [2.45, 2.75) is 38.6 Å². The zero-order valence-corrected chi connectivity index (χ0v) is 13.4. The topological polar surface area (TPSA) is 50.4 Å². The molecule has 1 aromatic rings. The highest BCUT2D eigenvalue weighted by Crippen LogP contribution is 2.16. The van der Waals surface area contributed by atoms with E-state index in [2.05, 4.69) is 10.6 Å². The van der Waals surface area contributed by atoms with Gasteiger partial charge < -0.3 is 15.4 Å². The van der Waals surface area contributed by atoms with E-state index in [1.807, 2.05) is 31.2 Å². The van der Waals surface area contributed by atoms with Gasteiger partial charge in [0.2, 0.25) is 5.91 Å². The molecule has 0 bridgehead atoms. The van der Waals surface area contributed by atoms with Crippen LogP contribution in [0.15, 0.2) is 24.3 Å². The number of carbonyl (C=O) groups excluding carboxylic acids is 1. The summed E-state index contributed by atoms with van der Waals surface area (Å²) < 4.78 is 5.69. The van der Waals surface area contributed by atoms with Gasteiger partial charge in [-0.15, -0.1) is 12.4 Å². The lowest BCUT2D eigenvalue weighted by Crippen LogP contribution is -2.32. The molecule has 0 saturated carbocycles.